The maximum absolute atomic E-state index is 11.1. The molecule has 0 spiro atoms. The fraction of sp³-hybridized carbons (Fsp3) is 0.889. The molecule has 1 aliphatic heterocycles. The van der Waals surface area contributed by atoms with Crippen LogP contribution < -0.4 is 0 Å². The number of methoxy groups -OCH3 is 1. The molecule has 1 unspecified atom stereocenters. The lowest BCUT2D eigenvalue weighted by Crippen LogP contribution is -2.53. The maximum Gasteiger partial charge on any atom is 0.323 e. The monoisotopic (exact) mass is 187 g/mol. The zero-order chi connectivity index (χ0) is 9.68. The van der Waals surface area contributed by atoms with Crippen molar-refractivity contribution in [3.8, 4) is 0 Å². The van der Waals surface area contributed by atoms with E-state index < -0.39 is 0 Å². The molecular formula is C9H17NO3. The Labute approximate surface area is 78.8 Å². The number of ether oxygens (including phenoxy) is 2. The van der Waals surface area contributed by atoms with Crippen LogP contribution >= 0.6 is 0 Å². The zero-order valence-corrected chi connectivity index (χ0v) is 8.28. The molecule has 0 aromatic rings. The number of rotatable bonds is 5. The van der Waals surface area contributed by atoms with E-state index in [1.807, 2.05) is 6.92 Å². The van der Waals surface area contributed by atoms with E-state index in [4.69, 9.17) is 4.74 Å². The van der Waals surface area contributed by atoms with Crippen LogP contribution in [0, 0.1) is 0 Å². The minimum Gasteiger partial charge on any atom is -0.468 e. The largest absolute Gasteiger partial charge is 0.468 e. The number of carbonyl (C=O) groups is 1. The molecule has 0 saturated carbocycles. The van der Waals surface area contributed by atoms with Crippen molar-refractivity contribution in [2.24, 2.45) is 0 Å². The number of carbonyl (C=O) groups excluding carboxylic acids is 1. The Morgan fingerprint density at radius 2 is 2.38 bits per heavy atom. The molecule has 76 valence electrons. The number of nitrogens with zero attached hydrogens (tertiary/aromatic N) is 1. The summed E-state index contributed by atoms with van der Waals surface area (Å²) in [4.78, 5) is 13.2. The van der Waals surface area contributed by atoms with Crippen LogP contribution in [0.15, 0.2) is 0 Å². The van der Waals surface area contributed by atoms with Crippen molar-refractivity contribution in [3.63, 3.8) is 0 Å². The Hall–Kier alpha value is -0.610. The summed E-state index contributed by atoms with van der Waals surface area (Å²) in [6, 6.07) is -0.0227. The van der Waals surface area contributed by atoms with Crippen LogP contribution in [0.1, 0.15) is 13.3 Å². The minimum absolute atomic E-state index is 0.0227. The van der Waals surface area contributed by atoms with Gasteiger partial charge in [-0.25, -0.2) is 0 Å². The molecule has 1 heterocycles. The van der Waals surface area contributed by atoms with E-state index in [9.17, 15) is 4.79 Å². The molecule has 1 saturated heterocycles. The Bertz CT molecular complexity index is 172. The number of hydrogen-bond donors (Lipinski definition) is 0. The summed E-state index contributed by atoms with van der Waals surface area (Å²) in [7, 11) is 1.43. The second-order valence-electron chi connectivity index (χ2n) is 3.06. The second-order valence-corrected chi connectivity index (χ2v) is 3.06. The molecule has 0 aromatic carbocycles. The number of hydrogen-bond acceptors (Lipinski definition) is 4. The highest BCUT2D eigenvalue weighted by atomic mass is 16.5. The van der Waals surface area contributed by atoms with Gasteiger partial charge in [-0.15, -0.1) is 0 Å². The predicted molar refractivity (Wildman–Crippen MR) is 48.5 cm³/mol. The molecular weight excluding hydrogens is 170 g/mol. The third-order valence-corrected chi connectivity index (χ3v) is 2.33. The van der Waals surface area contributed by atoms with E-state index >= 15 is 0 Å². The van der Waals surface area contributed by atoms with Gasteiger partial charge in [0.05, 0.1) is 13.7 Å². The summed E-state index contributed by atoms with van der Waals surface area (Å²) in [5, 5.41) is 0. The van der Waals surface area contributed by atoms with E-state index in [1.54, 1.807) is 0 Å². The number of esters is 1. The highest BCUT2D eigenvalue weighted by Gasteiger charge is 2.34. The Balaban J connectivity index is 2.17. The molecule has 13 heavy (non-hydrogen) atoms. The molecule has 0 radical (unpaired) electrons. The molecule has 1 aliphatic rings. The van der Waals surface area contributed by atoms with Gasteiger partial charge in [0.1, 0.15) is 6.04 Å². The van der Waals surface area contributed by atoms with Crippen LogP contribution in [-0.4, -0.2) is 50.3 Å². The van der Waals surface area contributed by atoms with Crippen LogP contribution in [0.3, 0.4) is 0 Å². The summed E-state index contributed by atoms with van der Waals surface area (Å²) >= 11 is 0. The number of likely N-dealkylation sites (tertiary alicyclic amines) is 1. The summed E-state index contributed by atoms with van der Waals surface area (Å²) < 4.78 is 9.88. The second kappa shape index (κ2) is 5.19. The standard InChI is InChI=1S/C9H17NO3/c1-3-13-7-6-10-5-4-8(10)9(11)12-2/h8H,3-7H2,1-2H3. The van der Waals surface area contributed by atoms with E-state index in [-0.39, 0.29) is 12.0 Å². The first-order valence-corrected chi connectivity index (χ1v) is 4.69. The van der Waals surface area contributed by atoms with E-state index in [2.05, 4.69) is 9.64 Å². The van der Waals surface area contributed by atoms with Crippen molar-refractivity contribution < 1.29 is 14.3 Å². The van der Waals surface area contributed by atoms with Crippen molar-refractivity contribution in [2.45, 2.75) is 19.4 Å². The first-order valence-electron chi connectivity index (χ1n) is 4.69. The molecule has 0 aliphatic carbocycles. The fourth-order valence-electron chi connectivity index (χ4n) is 1.44. The minimum atomic E-state index is -0.122. The molecule has 0 amide bonds. The van der Waals surface area contributed by atoms with Crippen LogP contribution in [0.5, 0.6) is 0 Å². The molecule has 0 bridgehead atoms. The molecule has 0 N–H and O–H groups in total. The molecule has 1 rings (SSSR count). The van der Waals surface area contributed by atoms with Crippen molar-refractivity contribution >= 4 is 5.97 Å². The Morgan fingerprint density at radius 3 is 2.85 bits per heavy atom. The highest BCUT2D eigenvalue weighted by molar-refractivity contribution is 5.76. The van der Waals surface area contributed by atoms with E-state index in [0.29, 0.717) is 6.61 Å². The lowest BCUT2D eigenvalue weighted by molar-refractivity contribution is -0.152. The molecule has 4 nitrogen and oxygen atoms in total. The first kappa shape index (κ1) is 10.5. The predicted octanol–water partition coefficient (Wildman–Crippen LogP) is 0.270. The Kier molecular flexibility index (Phi) is 4.18. The van der Waals surface area contributed by atoms with Crippen LogP contribution in [-0.2, 0) is 14.3 Å². The van der Waals surface area contributed by atoms with Gasteiger partial charge in [0.25, 0.3) is 0 Å². The quantitative estimate of drug-likeness (QED) is 0.457. The molecule has 4 heteroatoms. The highest BCUT2D eigenvalue weighted by Crippen LogP contribution is 2.17. The van der Waals surface area contributed by atoms with Gasteiger partial charge in [0.15, 0.2) is 0 Å². The molecule has 1 fully saturated rings. The van der Waals surface area contributed by atoms with Gasteiger partial charge in [-0.1, -0.05) is 0 Å². The van der Waals surface area contributed by atoms with Crippen molar-refractivity contribution in [2.75, 3.05) is 33.4 Å². The SMILES string of the molecule is CCOCCN1CCC1C(=O)OC. The van der Waals surface area contributed by atoms with Crippen molar-refractivity contribution in [1.29, 1.82) is 0 Å². The van der Waals surface area contributed by atoms with E-state index in [1.165, 1.54) is 7.11 Å². The fourth-order valence-corrected chi connectivity index (χ4v) is 1.44. The lowest BCUT2D eigenvalue weighted by atomic mass is 10.0. The van der Waals surface area contributed by atoms with Crippen LogP contribution in [0.2, 0.25) is 0 Å². The van der Waals surface area contributed by atoms with Gasteiger partial charge >= 0.3 is 5.97 Å². The van der Waals surface area contributed by atoms with Crippen LogP contribution in [0.4, 0.5) is 0 Å². The third-order valence-electron chi connectivity index (χ3n) is 2.33. The first-order chi connectivity index (χ1) is 6.29. The van der Waals surface area contributed by atoms with E-state index in [0.717, 1.165) is 26.1 Å². The van der Waals surface area contributed by atoms with Gasteiger partial charge in [0, 0.05) is 19.7 Å². The third kappa shape index (κ3) is 2.67. The lowest BCUT2D eigenvalue weighted by Gasteiger charge is -2.38. The van der Waals surface area contributed by atoms with Crippen LogP contribution in [0.25, 0.3) is 0 Å². The average Bonchev–Trinajstić information content (AvgIpc) is 2.10. The van der Waals surface area contributed by atoms with Gasteiger partial charge in [-0.05, 0) is 13.3 Å². The zero-order valence-electron chi connectivity index (χ0n) is 8.28. The summed E-state index contributed by atoms with van der Waals surface area (Å²) in [6.07, 6.45) is 0.915. The maximum atomic E-state index is 11.1. The molecule has 1 atom stereocenters. The Morgan fingerprint density at radius 1 is 1.62 bits per heavy atom. The normalized spacial score (nSPS) is 22.5. The summed E-state index contributed by atoms with van der Waals surface area (Å²) in [5.41, 5.74) is 0. The van der Waals surface area contributed by atoms with Crippen molar-refractivity contribution in [1.82, 2.24) is 4.90 Å². The van der Waals surface area contributed by atoms with Gasteiger partial charge in [0.2, 0.25) is 0 Å². The van der Waals surface area contributed by atoms with Gasteiger partial charge in [-0.3, -0.25) is 9.69 Å². The topological polar surface area (TPSA) is 38.8 Å². The van der Waals surface area contributed by atoms with Crippen molar-refractivity contribution in [3.05, 3.63) is 0 Å². The average molecular weight is 187 g/mol. The smallest absolute Gasteiger partial charge is 0.323 e. The summed E-state index contributed by atoms with van der Waals surface area (Å²) in [5.74, 6) is -0.122. The molecule has 0 aromatic heterocycles. The summed E-state index contributed by atoms with van der Waals surface area (Å²) in [6.45, 7) is 5.20. The van der Waals surface area contributed by atoms with Gasteiger partial charge < -0.3 is 9.47 Å². The van der Waals surface area contributed by atoms with Gasteiger partial charge in [-0.2, -0.15) is 0 Å².